The van der Waals surface area contributed by atoms with Gasteiger partial charge in [0.2, 0.25) is 0 Å². The highest BCUT2D eigenvalue weighted by molar-refractivity contribution is 5.83. The normalized spacial score (nSPS) is 11.8. The van der Waals surface area contributed by atoms with Gasteiger partial charge in [-0.05, 0) is 38.5 Å². The fourth-order valence-corrected chi connectivity index (χ4v) is 7.06. The summed E-state index contributed by atoms with van der Waals surface area (Å²) in [5, 5.41) is 12.9. The Labute approximate surface area is 454 Å². The third-order valence-corrected chi connectivity index (χ3v) is 11.4. The maximum Gasteiger partial charge on any atom is 0.490 e. The molecule has 0 spiro atoms. The number of hydrogen-bond acceptors (Lipinski definition) is 17. The lowest BCUT2D eigenvalue weighted by Gasteiger charge is -2.18. The minimum atomic E-state index is -5.08. The Kier molecular flexibility index (Phi) is 58.9. The number of carbonyl (C=O) groups excluding carboxylic acids is 4. The Hall–Kier alpha value is -3.02. The van der Waals surface area contributed by atoms with E-state index in [1.54, 1.807) is 7.11 Å². The first kappa shape index (κ1) is 75.1. The van der Waals surface area contributed by atoms with Crippen LogP contribution < -0.4 is 10.6 Å². The highest BCUT2D eigenvalue weighted by Gasteiger charge is 2.38. The summed E-state index contributed by atoms with van der Waals surface area (Å²) in [4.78, 5) is 56.6. The smallest absolute Gasteiger partial charge is 0.475 e. The summed E-state index contributed by atoms with van der Waals surface area (Å²) in [5.74, 6) is -3.40. The van der Waals surface area contributed by atoms with Crippen LogP contribution in [0.4, 0.5) is 13.2 Å². The van der Waals surface area contributed by atoms with Crippen LogP contribution in [0.3, 0.4) is 0 Å². The molecule has 18 nitrogen and oxygen atoms in total. The van der Waals surface area contributed by atoms with Crippen molar-refractivity contribution in [1.29, 1.82) is 0 Å². The summed E-state index contributed by atoms with van der Waals surface area (Å²) in [6.45, 7) is 11.9. The van der Waals surface area contributed by atoms with E-state index >= 15 is 0 Å². The Morgan fingerprint density at radius 3 is 1.25 bits per heavy atom. The Balaban J connectivity index is 0. The molecule has 0 aromatic rings. The van der Waals surface area contributed by atoms with Crippen molar-refractivity contribution in [1.82, 2.24) is 10.6 Å². The van der Waals surface area contributed by atoms with E-state index in [1.165, 1.54) is 64.2 Å². The minimum absolute atomic E-state index is 0.0481. The largest absolute Gasteiger partial charge is 0.490 e. The van der Waals surface area contributed by atoms with E-state index in [0.717, 1.165) is 89.9 Å². The van der Waals surface area contributed by atoms with Gasteiger partial charge in [0.05, 0.1) is 98.9 Å². The fraction of sp³-hybridized carbons (Fsp3) is 0.909. The Morgan fingerprint density at radius 2 is 0.789 bits per heavy atom. The molecule has 1 atom stereocenters. The standard InChI is InChI=1S/C53H102N2O14.C2HF3O2/c1-4-6-8-10-12-19-26-33-67-51(57)28-22-16-14-18-24-31-64-47-50(66-32-25-21-15-17-23-29-52(58)68-34-27-20-13-11-9-7-5-2)48-65-41-40-62-37-36-61-38-39-63-42-43-69-53(59)46-55-45-49(56)44-54-30-35-60-3;3-2(4,5)1(6)7/h50,54-55H,4-48H2,1-3H3;(H,6,7). The molecular weight excluding hydrogens is 1000 g/mol. The molecular formula is C55H103F3N2O16. The highest BCUT2D eigenvalue weighted by atomic mass is 19.4. The quantitative estimate of drug-likeness (QED) is 0.0293. The first-order valence-corrected chi connectivity index (χ1v) is 28.6. The van der Waals surface area contributed by atoms with Crippen LogP contribution in [0.1, 0.15) is 181 Å². The summed E-state index contributed by atoms with van der Waals surface area (Å²) >= 11 is 0. The molecule has 0 bridgehead atoms. The zero-order valence-electron chi connectivity index (χ0n) is 47.1. The maximum absolute atomic E-state index is 12.1. The van der Waals surface area contributed by atoms with E-state index in [1.807, 2.05) is 0 Å². The average molecular weight is 1110 g/mol. The first-order chi connectivity index (χ1) is 36.9. The lowest BCUT2D eigenvalue weighted by molar-refractivity contribution is -0.192. The third-order valence-electron chi connectivity index (χ3n) is 11.4. The maximum atomic E-state index is 12.1. The number of aliphatic carboxylic acids is 1. The van der Waals surface area contributed by atoms with E-state index in [0.29, 0.717) is 105 Å². The van der Waals surface area contributed by atoms with Crippen LogP contribution in [0.2, 0.25) is 0 Å². The predicted molar refractivity (Wildman–Crippen MR) is 284 cm³/mol. The number of Topliss-reactive ketones (excluding diaryl/α,β-unsaturated/α-hetero) is 1. The molecule has 1 unspecified atom stereocenters. The number of ketones is 1. The van der Waals surface area contributed by atoms with Crippen LogP contribution in [-0.2, 0) is 71.3 Å². The molecule has 0 saturated carbocycles. The molecule has 450 valence electrons. The minimum Gasteiger partial charge on any atom is -0.475 e. The van der Waals surface area contributed by atoms with Gasteiger partial charge < -0.3 is 63.1 Å². The van der Waals surface area contributed by atoms with Crippen molar-refractivity contribution < 1.29 is 89.6 Å². The van der Waals surface area contributed by atoms with Crippen molar-refractivity contribution in [2.75, 3.05) is 132 Å². The van der Waals surface area contributed by atoms with Crippen molar-refractivity contribution >= 4 is 29.7 Å². The molecule has 0 rings (SSSR count). The molecule has 0 heterocycles. The van der Waals surface area contributed by atoms with Gasteiger partial charge in [-0.3, -0.25) is 19.2 Å². The molecule has 0 aliphatic rings. The second kappa shape index (κ2) is 59.6. The van der Waals surface area contributed by atoms with E-state index < -0.39 is 18.1 Å². The fourth-order valence-electron chi connectivity index (χ4n) is 7.06. The zero-order chi connectivity index (χ0) is 56.3. The number of carboxylic acids is 1. The number of methoxy groups -OCH3 is 1. The molecule has 0 saturated heterocycles. The highest BCUT2D eigenvalue weighted by Crippen LogP contribution is 2.14. The van der Waals surface area contributed by atoms with Crippen LogP contribution in [0.25, 0.3) is 0 Å². The van der Waals surface area contributed by atoms with Crippen molar-refractivity contribution in [2.45, 2.75) is 193 Å². The number of hydrogen-bond donors (Lipinski definition) is 3. The molecule has 0 aromatic heterocycles. The second-order valence-electron chi connectivity index (χ2n) is 18.5. The SMILES string of the molecule is CCCCCCCCCOC(=O)CCCCCCCOCC(COCCOCCOCCOCCOC(=O)CNCC(=O)CNCCOC)OCCCCCCCC(=O)OCCCCCCCCC.O=C(O)C(F)(F)F. The van der Waals surface area contributed by atoms with Gasteiger partial charge in [0.15, 0.2) is 5.78 Å². The summed E-state index contributed by atoms with van der Waals surface area (Å²) in [5.41, 5.74) is 0. The molecule has 3 N–H and O–H groups in total. The number of carboxylic acid groups (broad SMARTS) is 1. The monoisotopic (exact) mass is 1100 g/mol. The van der Waals surface area contributed by atoms with Gasteiger partial charge in [-0.1, -0.05) is 129 Å². The van der Waals surface area contributed by atoms with Crippen molar-refractivity contribution in [3.05, 3.63) is 0 Å². The van der Waals surface area contributed by atoms with E-state index in [-0.39, 0.29) is 56.7 Å². The number of esters is 3. The van der Waals surface area contributed by atoms with Gasteiger partial charge in [0.25, 0.3) is 0 Å². The van der Waals surface area contributed by atoms with Crippen molar-refractivity contribution in [2.24, 2.45) is 0 Å². The Bertz CT molecular complexity index is 1320. The van der Waals surface area contributed by atoms with E-state index in [4.69, 9.17) is 57.3 Å². The lowest BCUT2D eigenvalue weighted by atomic mass is 10.1. The average Bonchev–Trinajstić information content (AvgIpc) is 3.39. The third kappa shape index (κ3) is 61.8. The van der Waals surface area contributed by atoms with Gasteiger partial charge in [0, 0.05) is 39.7 Å². The van der Waals surface area contributed by atoms with Gasteiger partial charge in [-0.25, -0.2) is 4.79 Å². The van der Waals surface area contributed by atoms with Crippen LogP contribution in [-0.4, -0.2) is 179 Å². The first-order valence-electron chi connectivity index (χ1n) is 28.6. The second-order valence-corrected chi connectivity index (χ2v) is 18.5. The molecule has 0 aliphatic carbocycles. The lowest BCUT2D eigenvalue weighted by Crippen LogP contribution is -2.35. The summed E-state index contributed by atoms with van der Waals surface area (Å²) in [6, 6.07) is 0. The summed E-state index contributed by atoms with van der Waals surface area (Å²) < 4.78 is 87.4. The number of ether oxygens (including phenoxy) is 10. The van der Waals surface area contributed by atoms with Gasteiger partial charge >= 0.3 is 30.1 Å². The van der Waals surface area contributed by atoms with Gasteiger partial charge in [-0.15, -0.1) is 0 Å². The molecule has 0 aromatic carbocycles. The predicted octanol–water partition coefficient (Wildman–Crippen LogP) is 9.29. The molecule has 0 radical (unpaired) electrons. The van der Waals surface area contributed by atoms with Crippen LogP contribution >= 0.6 is 0 Å². The number of rotatable bonds is 58. The van der Waals surface area contributed by atoms with Crippen LogP contribution in [0.15, 0.2) is 0 Å². The zero-order valence-corrected chi connectivity index (χ0v) is 47.1. The number of unbranched alkanes of at least 4 members (excludes halogenated alkanes) is 20. The van der Waals surface area contributed by atoms with Gasteiger partial charge in [0.1, 0.15) is 12.7 Å². The molecule has 0 fully saturated rings. The molecule has 0 aliphatic heterocycles. The van der Waals surface area contributed by atoms with Gasteiger partial charge in [-0.2, -0.15) is 13.2 Å². The van der Waals surface area contributed by atoms with E-state index in [2.05, 4.69) is 24.5 Å². The molecule has 21 heteroatoms. The summed E-state index contributed by atoms with van der Waals surface area (Å²) in [6.07, 6.45) is 22.5. The molecule has 76 heavy (non-hydrogen) atoms. The number of carbonyl (C=O) groups is 5. The topological polar surface area (TPSA) is 222 Å². The van der Waals surface area contributed by atoms with Crippen molar-refractivity contribution in [3.8, 4) is 0 Å². The number of alkyl halides is 3. The Morgan fingerprint density at radius 1 is 0.421 bits per heavy atom. The molecule has 0 amide bonds. The van der Waals surface area contributed by atoms with E-state index in [9.17, 15) is 32.3 Å². The number of halogens is 3. The van der Waals surface area contributed by atoms with Crippen molar-refractivity contribution in [3.63, 3.8) is 0 Å². The number of nitrogens with one attached hydrogen (secondary N) is 2. The summed E-state index contributed by atoms with van der Waals surface area (Å²) in [7, 11) is 1.60. The van der Waals surface area contributed by atoms with Crippen LogP contribution in [0, 0.1) is 0 Å². The van der Waals surface area contributed by atoms with Crippen LogP contribution in [0.5, 0.6) is 0 Å².